The first kappa shape index (κ1) is 15.0. The number of carbonyl (C=O) groups is 1. The van der Waals surface area contributed by atoms with Gasteiger partial charge in [0.25, 0.3) is 10.0 Å². The lowest BCUT2D eigenvalue weighted by Gasteiger charge is -2.14. The minimum Gasteiger partial charge on any atom is -0.289 e. The normalized spacial score (nSPS) is 11.5. The molecular formula is C16H15NO3S. The Kier molecular flexibility index (Phi) is 4.55. The van der Waals surface area contributed by atoms with Crippen LogP contribution in [0, 0.1) is 0 Å². The van der Waals surface area contributed by atoms with Crippen LogP contribution in [0.4, 0.5) is 0 Å². The van der Waals surface area contributed by atoms with Gasteiger partial charge in [-0.25, -0.2) is 8.42 Å². The summed E-state index contributed by atoms with van der Waals surface area (Å²) in [5.74, 6) is -0.245. The molecular weight excluding hydrogens is 286 g/mol. The first-order valence-corrected chi connectivity index (χ1v) is 7.76. The van der Waals surface area contributed by atoms with E-state index in [4.69, 9.17) is 0 Å². The number of hydrogen-bond acceptors (Lipinski definition) is 3. The molecule has 4 nitrogen and oxygen atoms in total. The quantitative estimate of drug-likeness (QED) is 0.630. The van der Waals surface area contributed by atoms with Crippen LogP contribution in [-0.2, 0) is 10.0 Å². The SMILES string of the molecule is CN(/C=C/C(=O)c1ccccc1)S(=O)(=O)c1ccccc1. The summed E-state index contributed by atoms with van der Waals surface area (Å²) < 4.78 is 25.5. The molecule has 0 saturated carbocycles. The summed E-state index contributed by atoms with van der Waals surface area (Å²) in [4.78, 5) is 12.1. The maximum Gasteiger partial charge on any atom is 0.263 e. The fourth-order valence-corrected chi connectivity index (χ4v) is 2.76. The molecule has 2 rings (SSSR count). The number of nitrogens with zero attached hydrogens (tertiary/aromatic N) is 1. The van der Waals surface area contributed by atoms with E-state index in [1.54, 1.807) is 42.5 Å². The van der Waals surface area contributed by atoms with Crippen LogP contribution >= 0.6 is 0 Å². The zero-order valence-corrected chi connectivity index (χ0v) is 12.3. The Bertz CT molecular complexity index is 738. The van der Waals surface area contributed by atoms with E-state index >= 15 is 0 Å². The molecule has 0 N–H and O–H groups in total. The molecule has 2 aromatic rings. The minimum atomic E-state index is -3.62. The Labute approximate surface area is 124 Å². The maximum absolute atomic E-state index is 12.2. The molecule has 0 fully saturated rings. The molecule has 108 valence electrons. The standard InChI is InChI=1S/C16H15NO3S/c1-17(21(19,20)15-10-6-3-7-11-15)13-12-16(18)14-8-4-2-5-9-14/h2-13H,1H3/b13-12+. The van der Waals surface area contributed by atoms with Crippen molar-refractivity contribution in [3.8, 4) is 0 Å². The van der Waals surface area contributed by atoms with E-state index in [-0.39, 0.29) is 10.7 Å². The fraction of sp³-hybridized carbons (Fsp3) is 0.0625. The summed E-state index contributed by atoms with van der Waals surface area (Å²) in [6.45, 7) is 0. The predicted octanol–water partition coefficient (Wildman–Crippen LogP) is 2.70. The first-order chi connectivity index (χ1) is 10.0. The first-order valence-electron chi connectivity index (χ1n) is 6.32. The van der Waals surface area contributed by atoms with Gasteiger partial charge in [0.2, 0.25) is 0 Å². The fourth-order valence-electron chi connectivity index (χ4n) is 1.71. The highest BCUT2D eigenvalue weighted by Gasteiger charge is 2.17. The van der Waals surface area contributed by atoms with Crippen molar-refractivity contribution in [1.82, 2.24) is 4.31 Å². The third-order valence-electron chi connectivity index (χ3n) is 2.91. The predicted molar refractivity (Wildman–Crippen MR) is 81.3 cm³/mol. The second-order valence-electron chi connectivity index (χ2n) is 4.38. The highest BCUT2D eigenvalue weighted by molar-refractivity contribution is 7.89. The molecule has 0 aliphatic heterocycles. The number of hydrogen-bond donors (Lipinski definition) is 0. The van der Waals surface area contributed by atoms with E-state index in [2.05, 4.69) is 0 Å². The van der Waals surface area contributed by atoms with Gasteiger partial charge in [0.15, 0.2) is 5.78 Å². The summed E-state index contributed by atoms with van der Waals surface area (Å²) >= 11 is 0. The molecule has 0 unspecified atom stereocenters. The molecule has 0 bridgehead atoms. The van der Waals surface area contributed by atoms with Gasteiger partial charge in [-0.1, -0.05) is 48.5 Å². The number of carbonyl (C=O) groups excluding carboxylic acids is 1. The zero-order chi connectivity index (χ0) is 15.3. The number of sulfonamides is 1. The Hall–Kier alpha value is -2.40. The van der Waals surface area contributed by atoms with E-state index in [1.807, 2.05) is 6.07 Å². The summed E-state index contributed by atoms with van der Waals surface area (Å²) in [5, 5.41) is 0. The van der Waals surface area contributed by atoms with Gasteiger partial charge in [-0.2, -0.15) is 0 Å². The summed E-state index contributed by atoms with van der Waals surface area (Å²) in [6.07, 6.45) is 2.51. The topological polar surface area (TPSA) is 54.5 Å². The summed E-state index contributed by atoms with van der Waals surface area (Å²) in [6, 6.07) is 16.8. The van der Waals surface area contributed by atoms with E-state index in [0.717, 1.165) is 4.31 Å². The van der Waals surface area contributed by atoms with Crippen molar-refractivity contribution in [1.29, 1.82) is 0 Å². The Morgan fingerprint density at radius 2 is 1.48 bits per heavy atom. The van der Waals surface area contributed by atoms with Crippen molar-refractivity contribution < 1.29 is 13.2 Å². The van der Waals surface area contributed by atoms with Gasteiger partial charge < -0.3 is 0 Å². The third kappa shape index (κ3) is 3.58. The van der Waals surface area contributed by atoms with Crippen LogP contribution in [0.3, 0.4) is 0 Å². The molecule has 0 aliphatic rings. The van der Waals surface area contributed by atoms with Crippen molar-refractivity contribution in [2.24, 2.45) is 0 Å². The third-order valence-corrected chi connectivity index (χ3v) is 4.66. The summed E-state index contributed by atoms with van der Waals surface area (Å²) in [7, 11) is -2.22. The maximum atomic E-state index is 12.2. The molecule has 5 heteroatoms. The zero-order valence-electron chi connectivity index (χ0n) is 11.5. The second kappa shape index (κ2) is 6.37. The van der Waals surface area contributed by atoms with E-state index in [1.165, 1.54) is 31.5 Å². The van der Waals surface area contributed by atoms with Gasteiger partial charge in [-0.15, -0.1) is 0 Å². The molecule has 0 radical (unpaired) electrons. The molecule has 0 aromatic heterocycles. The lowest BCUT2D eigenvalue weighted by molar-refractivity contribution is 0.104. The van der Waals surface area contributed by atoms with Gasteiger partial charge >= 0.3 is 0 Å². The molecule has 0 heterocycles. The van der Waals surface area contributed by atoms with Crippen LogP contribution in [0.1, 0.15) is 10.4 Å². The van der Waals surface area contributed by atoms with Crippen LogP contribution in [0.5, 0.6) is 0 Å². The minimum absolute atomic E-state index is 0.185. The largest absolute Gasteiger partial charge is 0.289 e. The van der Waals surface area contributed by atoms with Crippen molar-refractivity contribution in [2.75, 3.05) is 7.05 Å². The van der Waals surface area contributed by atoms with Gasteiger partial charge in [-0.3, -0.25) is 9.10 Å². The Morgan fingerprint density at radius 1 is 0.952 bits per heavy atom. The molecule has 0 spiro atoms. The van der Waals surface area contributed by atoms with E-state index in [9.17, 15) is 13.2 Å². The Morgan fingerprint density at radius 3 is 2.05 bits per heavy atom. The molecule has 0 atom stereocenters. The van der Waals surface area contributed by atoms with Gasteiger partial charge in [-0.05, 0) is 12.1 Å². The van der Waals surface area contributed by atoms with Crippen LogP contribution in [0.25, 0.3) is 0 Å². The average molecular weight is 301 g/mol. The van der Waals surface area contributed by atoms with Crippen LogP contribution < -0.4 is 0 Å². The lowest BCUT2D eigenvalue weighted by atomic mass is 10.1. The lowest BCUT2D eigenvalue weighted by Crippen LogP contribution is -2.21. The van der Waals surface area contributed by atoms with Crippen molar-refractivity contribution in [3.05, 3.63) is 78.5 Å². The number of rotatable bonds is 5. The molecule has 0 amide bonds. The van der Waals surface area contributed by atoms with Crippen molar-refractivity contribution >= 4 is 15.8 Å². The van der Waals surface area contributed by atoms with Crippen LogP contribution in [0.15, 0.2) is 77.8 Å². The molecule has 0 saturated heterocycles. The molecule has 21 heavy (non-hydrogen) atoms. The van der Waals surface area contributed by atoms with Gasteiger partial charge in [0.1, 0.15) is 0 Å². The van der Waals surface area contributed by atoms with E-state index in [0.29, 0.717) is 5.56 Å². The Balaban J connectivity index is 2.16. The van der Waals surface area contributed by atoms with Gasteiger partial charge in [0, 0.05) is 24.9 Å². The van der Waals surface area contributed by atoms with Crippen LogP contribution in [0.2, 0.25) is 0 Å². The average Bonchev–Trinajstić information content (AvgIpc) is 2.53. The highest BCUT2D eigenvalue weighted by Crippen LogP contribution is 2.13. The van der Waals surface area contributed by atoms with Crippen molar-refractivity contribution in [2.45, 2.75) is 4.90 Å². The number of ketones is 1. The summed E-state index contributed by atoms with van der Waals surface area (Å²) in [5.41, 5.74) is 0.513. The number of benzene rings is 2. The molecule has 2 aromatic carbocycles. The van der Waals surface area contributed by atoms with Crippen molar-refractivity contribution in [3.63, 3.8) is 0 Å². The smallest absolute Gasteiger partial charge is 0.263 e. The highest BCUT2D eigenvalue weighted by atomic mass is 32.2. The molecule has 0 aliphatic carbocycles. The van der Waals surface area contributed by atoms with Gasteiger partial charge in [0.05, 0.1) is 4.90 Å². The van der Waals surface area contributed by atoms with E-state index < -0.39 is 10.0 Å². The monoisotopic (exact) mass is 301 g/mol. The van der Waals surface area contributed by atoms with Crippen LogP contribution in [-0.4, -0.2) is 25.6 Å². The second-order valence-corrected chi connectivity index (χ2v) is 6.38. The number of allylic oxidation sites excluding steroid dienone is 1.